The Morgan fingerprint density at radius 1 is 1.05 bits per heavy atom. The average Bonchev–Trinajstić information content (AvgIpc) is 3.50. The van der Waals surface area contributed by atoms with Crippen molar-refractivity contribution in [3.8, 4) is 11.5 Å². The van der Waals surface area contributed by atoms with Crippen LogP contribution in [0.2, 0.25) is 0 Å². The summed E-state index contributed by atoms with van der Waals surface area (Å²) in [5, 5.41) is 2.15. The van der Waals surface area contributed by atoms with Gasteiger partial charge in [0.2, 0.25) is 5.91 Å². The Kier molecular flexibility index (Phi) is 8.88. The first kappa shape index (κ1) is 26.7. The maximum absolute atomic E-state index is 12.9. The lowest BCUT2D eigenvalue weighted by molar-refractivity contribution is -0.132. The number of nitrogens with zero attached hydrogens (tertiary/aromatic N) is 2. The van der Waals surface area contributed by atoms with Gasteiger partial charge in [0.1, 0.15) is 6.54 Å². The topological polar surface area (TPSA) is 105 Å². The number of likely N-dealkylation sites (tertiary alicyclic amines) is 1. The van der Waals surface area contributed by atoms with Gasteiger partial charge < -0.3 is 19.7 Å². The van der Waals surface area contributed by atoms with E-state index in [-0.39, 0.29) is 24.0 Å². The first-order chi connectivity index (χ1) is 17.8. The fourth-order valence-corrected chi connectivity index (χ4v) is 4.97. The summed E-state index contributed by atoms with van der Waals surface area (Å²) in [6.45, 7) is 3.24. The van der Waals surface area contributed by atoms with Gasteiger partial charge in [0, 0.05) is 23.2 Å². The standard InChI is InChI=1S/C26H26BrN3O6S/c1-2-35-21-13-17(5-10-20(21)36-16-24(32)29-11-3-4-12-29)14-22-25(33)30(26(34)37-22)15-23(31)28-19-8-6-18(27)7-9-19/h5-10,13-14H,2-4,11-12,15-16H2,1H3,(H,28,31)/b22-14-. The molecule has 2 aliphatic rings. The van der Waals surface area contributed by atoms with Crippen LogP contribution in [-0.4, -0.2) is 65.6 Å². The molecule has 1 N–H and O–H groups in total. The summed E-state index contributed by atoms with van der Waals surface area (Å²) in [4.78, 5) is 52.9. The Bertz CT molecular complexity index is 1230. The Balaban J connectivity index is 1.41. The third-order valence-corrected chi connectivity index (χ3v) is 7.11. The van der Waals surface area contributed by atoms with Gasteiger partial charge in [-0.05, 0) is 79.6 Å². The molecule has 0 aromatic heterocycles. The second kappa shape index (κ2) is 12.3. The number of imide groups is 1. The molecule has 9 nitrogen and oxygen atoms in total. The van der Waals surface area contributed by atoms with E-state index in [1.165, 1.54) is 0 Å². The van der Waals surface area contributed by atoms with E-state index < -0.39 is 17.1 Å². The molecule has 0 aliphatic carbocycles. The van der Waals surface area contributed by atoms with Crippen molar-refractivity contribution in [2.75, 3.05) is 38.2 Å². The van der Waals surface area contributed by atoms with Gasteiger partial charge in [0.15, 0.2) is 18.1 Å². The van der Waals surface area contributed by atoms with Crippen LogP contribution in [0.15, 0.2) is 51.8 Å². The van der Waals surface area contributed by atoms with Crippen molar-refractivity contribution in [2.24, 2.45) is 0 Å². The predicted octanol–water partition coefficient (Wildman–Crippen LogP) is 4.52. The zero-order chi connectivity index (χ0) is 26.4. The molecule has 2 aliphatic heterocycles. The predicted molar refractivity (Wildman–Crippen MR) is 144 cm³/mol. The zero-order valence-electron chi connectivity index (χ0n) is 20.2. The number of rotatable bonds is 9. The molecule has 2 aromatic carbocycles. The molecule has 2 fully saturated rings. The number of anilines is 1. The quantitative estimate of drug-likeness (QED) is 0.430. The highest BCUT2D eigenvalue weighted by Gasteiger charge is 2.36. The van der Waals surface area contributed by atoms with E-state index in [0.29, 0.717) is 29.4 Å². The Morgan fingerprint density at radius 2 is 1.78 bits per heavy atom. The number of nitrogens with one attached hydrogen (secondary N) is 1. The summed E-state index contributed by atoms with van der Waals surface area (Å²) in [6.07, 6.45) is 3.58. The van der Waals surface area contributed by atoms with E-state index in [2.05, 4.69) is 21.2 Å². The lowest BCUT2D eigenvalue weighted by Crippen LogP contribution is -2.36. The van der Waals surface area contributed by atoms with E-state index in [0.717, 1.165) is 47.1 Å². The monoisotopic (exact) mass is 587 g/mol. The van der Waals surface area contributed by atoms with E-state index in [9.17, 15) is 19.2 Å². The summed E-state index contributed by atoms with van der Waals surface area (Å²) in [6, 6.07) is 12.0. The number of halogens is 1. The molecule has 194 valence electrons. The largest absolute Gasteiger partial charge is 0.490 e. The minimum absolute atomic E-state index is 0.0677. The summed E-state index contributed by atoms with van der Waals surface area (Å²) in [5.74, 6) is -0.241. The maximum atomic E-state index is 12.9. The number of thioether (sulfide) groups is 1. The van der Waals surface area contributed by atoms with Gasteiger partial charge in [-0.3, -0.25) is 24.1 Å². The molecule has 37 heavy (non-hydrogen) atoms. The molecule has 2 heterocycles. The van der Waals surface area contributed by atoms with Gasteiger partial charge in [-0.15, -0.1) is 0 Å². The molecule has 0 radical (unpaired) electrons. The van der Waals surface area contributed by atoms with E-state index in [1.807, 2.05) is 6.92 Å². The minimum atomic E-state index is -0.546. The number of ether oxygens (including phenoxy) is 2. The second-order valence-corrected chi connectivity index (χ2v) is 10.2. The number of amides is 4. The van der Waals surface area contributed by atoms with Crippen molar-refractivity contribution in [3.05, 3.63) is 57.4 Å². The number of carbonyl (C=O) groups excluding carboxylic acids is 4. The van der Waals surface area contributed by atoms with Crippen LogP contribution in [-0.2, 0) is 14.4 Å². The second-order valence-electron chi connectivity index (χ2n) is 8.34. The van der Waals surface area contributed by atoms with Crippen LogP contribution in [0.25, 0.3) is 6.08 Å². The van der Waals surface area contributed by atoms with Crippen molar-refractivity contribution < 1.29 is 28.7 Å². The molecule has 2 aromatic rings. The van der Waals surface area contributed by atoms with Crippen molar-refractivity contribution in [1.29, 1.82) is 0 Å². The van der Waals surface area contributed by atoms with Crippen LogP contribution in [0.1, 0.15) is 25.3 Å². The van der Waals surface area contributed by atoms with Crippen LogP contribution >= 0.6 is 27.7 Å². The maximum Gasteiger partial charge on any atom is 0.294 e. The highest BCUT2D eigenvalue weighted by atomic mass is 79.9. The van der Waals surface area contributed by atoms with Gasteiger partial charge in [-0.2, -0.15) is 0 Å². The smallest absolute Gasteiger partial charge is 0.294 e. The summed E-state index contributed by atoms with van der Waals surface area (Å²) in [7, 11) is 0. The minimum Gasteiger partial charge on any atom is -0.490 e. The van der Waals surface area contributed by atoms with Crippen molar-refractivity contribution in [2.45, 2.75) is 19.8 Å². The Hall–Kier alpha value is -3.31. The molecule has 0 spiro atoms. The molecule has 11 heteroatoms. The van der Waals surface area contributed by atoms with E-state index in [1.54, 1.807) is 53.4 Å². The van der Waals surface area contributed by atoms with Gasteiger partial charge >= 0.3 is 0 Å². The van der Waals surface area contributed by atoms with Gasteiger partial charge in [-0.25, -0.2) is 0 Å². The fourth-order valence-electron chi connectivity index (χ4n) is 3.86. The molecular weight excluding hydrogens is 562 g/mol. The average molecular weight is 588 g/mol. The number of benzene rings is 2. The molecule has 2 saturated heterocycles. The molecule has 0 atom stereocenters. The highest BCUT2D eigenvalue weighted by molar-refractivity contribution is 9.10. The van der Waals surface area contributed by atoms with Crippen molar-refractivity contribution in [1.82, 2.24) is 9.80 Å². The van der Waals surface area contributed by atoms with Crippen LogP contribution in [0.5, 0.6) is 11.5 Å². The first-order valence-electron chi connectivity index (χ1n) is 11.8. The zero-order valence-corrected chi connectivity index (χ0v) is 22.6. The third-order valence-electron chi connectivity index (χ3n) is 5.68. The number of hydrogen-bond acceptors (Lipinski definition) is 7. The molecule has 0 saturated carbocycles. The van der Waals surface area contributed by atoms with Gasteiger partial charge in [0.25, 0.3) is 17.1 Å². The van der Waals surface area contributed by atoms with Crippen LogP contribution < -0.4 is 14.8 Å². The summed E-state index contributed by atoms with van der Waals surface area (Å²) >= 11 is 4.09. The fraction of sp³-hybridized carbons (Fsp3) is 0.308. The molecular formula is C26H26BrN3O6S. The van der Waals surface area contributed by atoms with Crippen LogP contribution in [0.4, 0.5) is 10.5 Å². The first-order valence-corrected chi connectivity index (χ1v) is 13.4. The Morgan fingerprint density at radius 3 is 2.49 bits per heavy atom. The number of hydrogen-bond donors (Lipinski definition) is 1. The normalized spacial score (nSPS) is 16.4. The van der Waals surface area contributed by atoms with Gasteiger partial charge in [0.05, 0.1) is 11.5 Å². The Labute approximate surface area is 227 Å². The molecule has 0 unspecified atom stereocenters. The van der Waals surface area contributed by atoms with Crippen molar-refractivity contribution in [3.63, 3.8) is 0 Å². The van der Waals surface area contributed by atoms with Crippen LogP contribution in [0, 0.1) is 0 Å². The lowest BCUT2D eigenvalue weighted by atomic mass is 10.2. The van der Waals surface area contributed by atoms with E-state index in [4.69, 9.17) is 9.47 Å². The lowest BCUT2D eigenvalue weighted by Gasteiger charge is -2.17. The summed E-state index contributed by atoms with van der Waals surface area (Å²) in [5.41, 5.74) is 1.18. The molecule has 0 bridgehead atoms. The molecule has 4 amide bonds. The molecule has 4 rings (SSSR count). The highest BCUT2D eigenvalue weighted by Crippen LogP contribution is 2.34. The van der Waals surface area contributed by atoms with E-state index >= 15 is 0 Å². The third kappa shape index (κ3) is 6.92. The number of carbonyl (C=O) groups is 4. The SMILES string of the molecule is CCOc1cc(/C=C2\SC(=O)N(CC(=O)Nc3ccc(Br)cc3)C2=O)ccc1OCC(=O)N1CCCC1. The van der Waals surface area contributed by atoms with Crippen molar-refractivity contribution >= 4 is 62.4 Å². The van der Waals surface area contributed by atoms with Gasteiger partial charge in [-0.1, -0.05) is 22.0 Å². The van der Waals surface area contributed by atoms with Crippen LogP contribution in [0.3, 0.4) is 0 Å². The summed E-state index contributed by atoms with van der Waals surface area (Å²) < 4.78 is 12.3.